The van der Waals surface area contributed by atoms with Gasteiger partial charge in [-0.2, -0.15) is 0 Å². The lowest BCUT2D eigenvalue weighted by atomic mass is 9.91. The SMILES string of the molecule is Cc1cccc2c1[C@@H]([NH+]1CCCCCC1)C[NH2+]C2. The molecular weight excluding hydrogens is 220 g/mol. The zero-order valence-electron chi connectivity index (χ0n) is 11.5. The molecule has 2 aliphatic rings. The molecule has 0 aromatic heterocycles. The maximum Gasteiger partial charge on any atom is 0.163 e. The third-order valence-electron chi connectivity index (χ3n) is 4.77. The maximum absolute atomic E-state index is 2.50. The minimum atomic E-state index is 0.744. The van der Waals surface area contributed by atoms with Gasteiger partial charge in [0.15, 0.2) is 6.04 Å². The number of aryl methyl sites for hydroxylation is 1. The van der Waals surface area contributed by atoms with E-state index in [-0.39, 0.29) is 0 Å². The molecule has 0 unspecified atom stereocenters. The fourth-order valence-electron chi connectivity index (χ4n) is 3.84. The molecule has 0 aliphatic carbocycles. The van der Waals surface area contributed by atoms with Gasteiger partial charge >= 0.3 is 0 Å². The summed E-state index contributed by atoms with van der Waals surface area (Å²) >= 11 is 0. The minimum absolute atomic E-state index is 0.744. The highest BCUT2D eigenvalue weighted by Gasteiger charge is 2.32. The van der Waals surface area contributed by atoms with Crippen molar-refractivity contribution in [2.24, 2.45) is 0 Å². The highest BCUT2D eigenvalue weighted by molar-refractivity contribution is 5.36. The van der Waals surface area contributed by atoms with E-state index >= 15 is 0 Å². The van der Waals surface area contributed by atoms with Gasteiger partial charge in [-0.1, -0.05) is 18.2 Å². The summed E-state index contributed by atoms with van der Waals surface area (Å²) in [6, 6.07) is 7.60. The first-order valence-corrected chi connectivity index (χ1v) is 7.61. The third-order valence-corrected chi connectivity index (χ3v) is 4.77. The number of rotatable bonds is 1. The van der Waals surface area contributed by atoms with Crippen molar-refractivity contribution in [3.63, 3.8) is 0 Å². The quantitative estimate of drug-likeness (QED) is 0.723. The smallest absolute Gasteiger partial charge is 0.163 e. The Labute approximate surface area is 110 Å². The summed E-state index contributed by atoms with van der Waals surface area (Å²) in [6.45, 7) is 7.53. The van der Waals surface area contributed by atoms with Gasteiger partial charge in [0, 0.05) is 11.1 Å². The summed E-state index contributed by atoms with van der Waals surface area (Å²) in [4.78, 5) is 1.85. The molecule has 3 rings (SSSR count). The van der Waals surface area contributed by atoms with Crippen LogP contribution >= 0.6 is 0 Å². The first-order chi connectivity index (χ1) is 8.86. The highest BCUT2D eigenvalue weighted by Crippen LogP contribution is 2.21. The van der Waals surface area contributed by atoms with Crippen LogP contribution in [0.25, 0.3) is 0 Å². The van der Waals surface area contributed by atoms with Gasteiger partial charge in [-0.15, -0.1) is 0 Å². The van der Waals surface area contributed by atoms with Crippen LogP contribution in [-0.2, 0) is 6.54 Å². The van der Waals surface area contributed by atoms with E-state index < -0.39 is 0 Å². The number of quaternary nitrogens is 2. The summed E-state index contributed by atoms with van der Waals surface area (Å²) in [5.41, 5.74) is 4.78. The van der Waals surface area contributed by atoms with Gasteiger partial charge in [-0.05, 0) is 38.2 Å². The molecule has 0 bridgehead atoms. The second-order valence-electron chi connectivity index (χ2n) is 6.00. The summed E-state index contributed by atoms with van der Waals surface area (Å²) in [5, 5.41) is 2.50. The molecular formula is C16H26N2+2. The molecule has 3 N–H and O–H groups in total. The van der Waals surface area contributed by atoms with Gasteiger partial charge in [0.05, 0.1) is 13.1 Å². The molecule has 18 heavy (non-hydrogen) atoms. The Hall–Kier alpha value is -0.860. The number of nitrogens with one attached hydrogen (secondary N) is 1. The van der Waals surface area contributed by atoms with Gasteiger partial charge in [0.2, 0.25) is 0 Å². The molecule has 2 aliphatic heterocycles. The lowest BCUT2D eigenvalue weighted by Crippen LogP contribution is -3.15. The average Bonchev–Trinajstić information content (AvgIpc) is 2.67. The zero-order valence-corrected chi connectivity index (χ0v) is 11.5. The molecule has 1 aromatic carbocycles. The Balaban J connectivity index is 1.90. The van der Waals surface area contributed by atoms with Gasteiger partial charge in [-0.3, -0.25) is 0 Å². The average molecular weight is 246 g/mol. The maximum atomic E-state index is 2.50. The predicted molar refractivity (Wildman–Crippen MR) is 73.6 cm³/mol. The topological polar surface area (TPSA) is 21.1 Å². The van der Waals surface area contributed by atoms with Crippen LogP contribution in [0.4, 0.5) is 0 Å². The highest BCUT2D eigenvalue weighted by atomic mass is 15.2. The van der Waals surface area contributed by atoms with Gasteiger partial charge in [0.1, 0.15) is 13.1 Å². The van der Waals surface area contributed by atoms with E-state index in [2.05, 4.69) is 30.4 Å². The summed E-state index contributed by atoms with van der Waals surface area (Å²) in [5.74, 6) is 0. The van der Waals surface area contributed by atoms with Crippen LogP contribution in [0.2, 0.25) is 0 Å². The molecule has 2 heteroatoms. The van der Waals surface area contributed by atoms with Crippen LogP contribution < -0.4 is 10.2 Å². The van der Waals surface area contributed by atoms with Crippen LogP contribution in [0, 0.1) is 6.92 Å². The fraction of sp³-hybridized carbons (Fsp3) is 0.625. The Morgan fingerprint density at radius 3 is 2.67 bits per heavy atom. The van der Waals surface area contributed by atoms with Crippen molar-refractivity contribution in [2.75, 3.05) is 19.6 Å². The lowest BCUT2D eigenvalue weighted by Gasteiger charge is -2.32. The normalized spacial score (nSPS) is 25.5. The van der Waals surface area contributed by atoms with E-state index in [9.17, 15) is 0 Å². The molecule has 2 heterocycles. The number of hydrogen-bond donors (Lipinski definition) is 2. The molecule has 1 atom stereocenters. The van der Waals surface area contributed by atoms with Gasteiger partial charge in [-0.25, -0.2) is 0 Å². The first-order valence-electron chi connectivity index (χ1n) is 7.61. The van der Waals surface area contributed by atoms with Crippen molar-refractivity contribution >= 4 is 0 Å². The van der Waals surface area contributed by atoms with E-state index in [1.807, 2.05) is 4.90 Å². The molecule has 1 aromatic rings. The standard InChI is InChI=1S/C16H24N2/c1-13-7-6-8-14-11-17-12-15(16(13)14)18-9-4-2-3-5-10-18/h6-8,15,17H,2-5,9-12H2,1H3/p+2/t15-/m0/s1. The summed E-state index contributed by atoms with van der Waals surface area (Å²) in [7, 11) is 0. The molecule has 1 saturated heterocycles. The van der Waals surface area contributed by atoms with Crippen molar-refractivity contribution in [3.8, 4) is 0 Å². The van der Waals surface area contributed by atoms with E-state index in [0.29, 0.717) is 0 Å². The number of hydrogen-bond acceptors (Lipinski definition) is 0. The van der Waals surface area contributed by atoms with Crippen molar-refractivity contribution in [2.45, 2.75) is 45.2 Å². The van der Waals surface area contributed by atoms with Crippen LogP contribution in [0.15, 0.2) is 18.2 Å². The second-order valence-corrected chi connectivity index (χ2v) is 6.00. The van der Waals surface area contributed by atoms with Crippen molar-refractivity contribution in [3.05, 3.63) is 34.9 Å². The molecule has 2 nitrogen and oxygen atoms in total. The summed E-state index contributed by atoms with van der Waals surface area (Å²) in [6.07, 6.45) is 5.74. The van der Waals surface area contributed by atoms with E-state index in [1.165, 1.54) is 57.4 Å². The Morgan fingerprint density at radius 2 is 1.89 bits per heavy atom. The zero-order chi connectivity index (χ0) is 12.4. The van der Waals surface area contributed by atoms with Gasteiger partial charge < -0.3 is 10.2 Å². The van der Waals surface area contributed by atoms with Gasteiger partial charge in [0.25, 0.3) is 0 Å². The lowest BCUT2D eigenvalue weighted by molar-refractivity contribution is -0.947. The van der Waals surface area contributed by atoms with Crippen molar-refractivity contribution < 1.29 is 10.2 Å². The molecule has 98 valence electrons. The van der Waals surface area contributed by atoms with Crippen LogP contribution in [-0.4, -0.2) is 19.6 Å². The largest absolute Gasteiger partial charge is 0.337 e. The van der Waals surface area contributed by atoms with E-state index in [4.69, 9.17) is 0 Å². The monoisotopic (exact) mass is 246 g/mol. The number of nitrogens with two attached hydrogens (primary N) is 1. The summed E-state index contributed by atoms with van der Waals surface area (Å²) < 4.78 is 0. The van der Waals surface area contributed by atoms with Crippen LogP contribution in [0.5, 0.6) is 0 Å². The third kappa shape index (κ3) is 2.32. The van der Waals surface area contributed by atoms with E-state index in [1.54, 1.807) is 11.1 Å². The van der Waals surface area contributed by atoms with E-state index in [0.717, 1.165) is 6.04 Å². The Bertz CT molecular complexity index is 406. The second kappa shape index (κ2) is 5.41. The Kier molecular flexibility index (Phi) is 3.67. The molecule has 0 amide bonds. The number of fused-ring (bicyclic) bond motifs is 1. The first kappa shape index (κ1) is 12.2. The molecule has 1 fully saturated rings. The predicted octanol–water partition coefficient (Wildman–Crippen LogP) is 0.572. The molecule has 0 spiro atoms. The molecule has 0 saturated carbocycles. The Morgan fingerprint density at radius 1 is 1.11 bits per heavy atom. The van der Waals surface area contributed by atoms with Crippen LogP contribution in [0.1, 0.15) is 48.4 Å². The fourth-order valence-corrected chi connectivity index (χ4v) is 3.84. The van der Waals surface area contributed by atoms with Crippen molar-refractivity contribution in [1.82, 2.24) is 0 Å². The minimum Gasteiger partial charge on any atom is -0.337 e. The molecule has 0 radical (unpaired) electrons. The van der Waals surface area contributed by atoms with Crippen LogP contribution in [0.3, 0.4) is 0 Å². The number of likely N-dealkylation sites (tertiary alicyclic amines) is 1. The number of benzene rings is 1. The van der Waals surface area contributed by atoms with Crippen molar-refractivity contribution in [1.29, 1.82) is 0 Å².